The van der Waals surface area contributed by atoms with E-state index in [-0.39, 0.29) is 39.4 Å². The molecule has 0 spiro atoms. The van der Waals surface area contributed by atoms with Crippen LogP contribution in [0.3, 0.4) is 0 Å². The van der Waals surface area contributed by atoms with Crippen molar-refractivity contribution < 1.29 is 39.4 Å². The molecule has 0 nitrogen and oxygen atoms in total. The molecular formula is C12H19AgFe+2. The van der Waals surface area contributed by atoms with Crippen LogP contribution in [-0.2, 0) is 39.4 Å². The van der Waals surface area contributed by atoms with Crippen LogP contribution >= 0.6 is 0 Å². The van der Waals surface area contributed by atoms with Crippen molar-refractivity contribution in [2.45, 2.75) is 57.8 Å². The largest absolute Gasteiger partial charge is 2.00 e. The van der Waals surface area contributed by atoms with Gasteiger partial charge in [0.25, 0.3) is 0 Å². The predicted octanol–water partition coefficient (Wildman–Crippen LogP) is 3.71. The first-order chi connectivity index (χ1) is 5.93. The fourth-order valence-electron chi connectivity index (χ4n) is 1.95. The Morgan fingerprint density at radius 2 is 1.14 bits per heavy atom. The zero-order chi connectivity index (χ0) is 8.65. The molecule has 84 valence electrons. The van der Waals surface area contributed by atoms with E-state index in [1.165, 1.54) is 57.8 Å². The molecule has 2 saturated carbocycles. The minimum absolute atomic E-state index is 0. The summed E-state index contributed by atoms with van der Waals surface area (Å²) >= 11 is 0. The molecule has 2 aliphatic carbocycles. The third-order valence-corrected chi connectivity index (χ3v) is 2.81. The first-order valence-electron chi connectivity index (χ1n) is 5.36. The number of hydrogen-bond donors (Lipinski definition) is 0. The van der Waals surface area contributed by atoms with Crippen molar-refractivity contribution in [1.29, 1.82) is 0 Å². The van der Waals surface area contributed by atoms with Crippen LogP contribution in [0.4, 0.5) is 0 Å². The predicted molar refractivity (Wildman–Crippen MR) is 52.2 cm³/mol. The van der Waals surface area contributed by atoms with Gasteiger partial charge in [0.15, 0.2) is 0 Å². The quantitative estimate of drug-likeness (QED) is 0.361. The number of hydrogen-bond acceptors (Lipinski definition) is 0. The average Bonchev–Trinajstić information content (AvgIpc) is 2.81. The van der Waals surface area contributed by atoms with Crippen molar-refractivity contribution in [2.24, 2.45) is 5.92 Å². The second kappa shape index (κ2) is 11.9. The molecule has 0 aromatic rings. The van der Waals surface area contributed by atoms with E-state index < -0.39 is 0 Å². The summed E-state index contributed by atoms with van der Waals surface area (Å²) in [5.74, 6) is 3.03. The van der Waals surface area contributed by atoms with Gasteiger partial charge >= 0.3 is 39.4 Å². The monoisotopic (exact) mass is 326 g/mol. The first-order valence-corrected chi connectivity index (χ1v) is 5.36. The van der Waals surface area contributed by atoms with Crippen molar-refractivity contribution >= 4 is 0 Å². The van der Waals surface area contributed by atoms with Crippen LogP contribution in [0.15, 0.2) is 0 Å². The van der Waals surface area contributed by atoms with Gasteiger partial charge in [0.2, 0.25) is 0 Å². The Balaban J connectivity index is 0. The molecule has 2 aliphatic rings. The van der Waals surface area contributed by atoms with Crippen molar-refractivity contribution in [3.8, 4) is 5.92 Å². The zero-order valence-electron chi connectivity index (χ0n) is 8.60. The summed E-state index contributed by atoms with van der Waals surface area (Å²) in [7, 11) is 0. The van der Waals surface area contributed by atoms with Crippen LogP contribution in [0.1, 0.15) is 57.8 Å². The zero-order valence-corrected chi connectivity index (χ0v) is 11.2. The molecule has 0 heterocycles. The Hall–Kier alpha value is 0.820. The van der Waals surface area contributed by atoms with Crippen LogP contribution < -0.4 is 0 Å². The van der Waals surface area contributed by atoms with Crippen molar-refractivity contribution in [3.05, 3.63) is 6.42 Å². The molecule has 0 amide bonds. The molecular weight excluding hydrogens is 308 g/mol. The Labute approximate surface area is 115 Å². The molecule has 0 bridgehead atoms. The maximum Gasteiger partial charge on any atom is 2.00 e. The molecule has 14 heavy (non-hydrogen) atoms. The minimum atomic E-state index is 0. The fraction of sp³-hybridized carbons (Fsp3) is 0.833. The summed E-state index contributed by atoms with van der Waals surface area (Å²) in [6, 6.07) is 0. The molecule has 0 N–H and O–H groups in total. The van der Waals surface area contributed by atoms with E-state index in [1.54, 1.807) is 0 Å². The van der Waals surface area contributed by atoms with Crippen LogP contribution in [0.2, 0.25) is 0 Å². The van der Waals surface area contributed by atoms with E-state index in [0.29, 0.717) is 5.92 Å². The van der Waals surface area contributed by atoms with Crippen LogP contribution in [0, 0.1) is 18.3 Å². The van der Waals surface area contributed by atoms with Gasteiger partial charge in [0.05, 0.1) is 0 Å². The standard InChI is InChI=1S/C7H9.C5H10.Ag.Fe/c1-2-7-5-3-4-6-7;1-2-4-5-3-1;;/h7H,3-6H2;1-5H2;;/q-1;;+1;+2. The molecule has 0 saturated heterocycles. The van der Waals surface area contributed by atoms with Crippen molar-refractivity contribution in [1.82, 2.24) is 0 Å². The molecule has 2 heteroatoms. The SMILES string of the molecule is C1CCCC1.[Ag+].[C-]#CC1CCCC1.[Fe+2]. The molecule has 0 aromatic heterocycles. The van der Waals surface area contributed by atoms with E-state index in [2.05, 4.69) is 5.92 Å². The topological polar surface area (TPSA) is 0 Å². The Kier molecular flexibility index (Phi) is 14.6. The molecule has 0 radical (unpaired) electrons. The Bertz CT molecular complexity index is 133. The second-order valence-corrected chi connectivity index (χ2v) is 3.89. The summed E-state index contributed by atoms with van der Waals surface area (Å²) < 4.78 is 0. The summed E-state index contributed by atoms with van der Waals surface area (Å²) in [4.78, 5) is 0. The van der Waals surface area contributed by atoms with Crippen LogP contribution in [-0.4, -0.2) is 0 Å². The number of rotatable bonds is 0. The maximum absolute atomic E-state index is 6.75. The molecule has 2 rings (SSSR count). The Morgan fingerprint density at radius 1 is 0.786 bits per heavy atom. The summed E-state index contributed by atoms with van der Waals surface area (Å²) in [5.41, 5.74) is 0. The first kappa shape index (κ1) is 17.2. The third kappa shape index (κ3) is 8.15. The van der Waals surface area contributed by atoms with Crippen molar-refractivity contribution in [2.75, 3.05) is 0 Å². The van der Waals surface area contributed by atoms with Crippen LogP contribution in [0.5, 0.6) is 0 Å². The molecule has 0 atom stereocenters. The van der Waals surface area contributed by atoms with Gasteiger partial charge in [-0.05, 0) is 18.8 Å². The molecule has 0 aliphatic heterocycles. The summed E-state index contributed by atoms with van der Waals surface area (Å²) in [6.07, 6.45) is 19.3. The normalized spacial score (nSPS) is 19.6. The van der Waals surface area contributed by atoms with E-state index in [1.807, 2.05) is 0 Å². The van der Waals surface area contributed by atoms with Crippen LogP contribution in [0.25, 0.3) is 0 Å². The van der Waals surface area contributed by atoms with E-state index in [4.69, 9.17) is 6.42 Å². The van der Waals surface area contributed by atoms with Gasteiger partial charge in [-0.25, -0.2) is 0 Å². The summed E-state index contributed by atoms with van der Waals surface area (Å²) in [6.45, 7) is 0. The van der Waals surface area contributed by atoms with E-state index in [0.717, 1.165) is 0 Å². The van der Waals surface area contributed by atoms with E-state index in [9.17, 15) is 0 Å². The maximum atomic E-state index is 6.75. The fourth-order valence-corrected chi connectivity index (χ4v) is 1.95. The van der Waals surface area contributed by atoms with Gasteiger partial charge in [-0.2, -0.15) is 0 Å². The average molecular weight is 327 g/mol. The Morgan fingerprint density at radius 3 is 1.36 bits per heavy atom. The summed E-state index contributed by atoms with van der Waals surface area (Å²) in [5, 5.41) is 0. The van der Waals surface area contributed by atoms with E-state index >= 15 is 0 Å². The van der Waals surface area contributed by atoms with Gasteiger partial charge in [0.1, 0.15) is 0 Å². The molecule has 2 fully saturated rings. The molecule has 0 aromatic carbocycles. The van der Waals surface area contributed by atoms with Gasteiger partial charge in [-0.3, -0.25) is 0 Å². The van der Waals surface area contributed by atoms with Gasteiger partial charge in [0, 0.05) is 0 Å². The minimum Gasteiger partial charge on any atom is -0.693 e. The smallest absolute Gasteiger partial charge is 0.693 e. The third-order valence-electron chi connectivity index (χ3n) is 2.81. The van der Waals surface area contributed by atoms with Gasteiger partial charge in [-0.1, -0.05) is 44.9 Å². The van der Waals surface area contributed by atoms with Gasteiger partial charge < -0.3 is 12.3 Å². The van der Waals surface area contributed by atoms with Crippen molar-refractivity contribution in [3.63, 3.8) is 0 Å². The molecule has 0 unspecified atom stereocenters. The second-order valence-electron chi connectivity index (χ2n) is 3.89. The van der Waals surface area contributed by atoms with Gasteiger partial charge in [-0.15, -0.1) is 0 Å².